The van der Waals surface area contributed by atoms with Crippen LogP contribution in [0.1, 0.15) is 21.5 Å². The quantitative estimate of drug-likeness (QED) is 0.530. The fraction of sp³-hybridized carbons (Fsp3) is 0. The first-order chi connectivity index (χ1) is 13.0. The number of H-pyrrole nitrogens is 1. The van der Waals surface area contributed by atoms with Crippen LogP contribution in [0.4, 0.5) is 5.82 Å². The number of nitrogens with two attached hydrogens (primary N) is 1. The Bertz CT molecular complexity index is 1250. The third kappa shape index (κ3) is 2.65. The second-order valence-electron chi connectivity index (χ2n) is 5.99. The second kappa shape index (κ2) is 6.30. The van der Waals surface area contributed by atoms with Gasteiger partial charge in [0, 0.05) is 16.8 Å². The van der Waals surface area contributed by atoms with Gasteiger partial charge in [-0.1, -0.05) is 42.5 Å². The van der Waals surface area contributed by atoms with E-state index in [-0.39, 0.29) is 21.7 Å². The normalized spacial score (nSPS) is 13.3. The highest BCUT2D eigenvalue weighted by Gasteiger charge is 2.29. The molecule has 3 N–H and O–H groups in total. The molecule has 0 amide bonds. The zero-order chi connectivity index (χ0) is 19.1. The predicted molar refractivity (Wildman–Crippen MR) is 104 cm³/mol. The van der Waals surface area contributed by atoms with Crippen LogP contribution in [-0.4, -0.2) is 21.1 Å². The number of carbonyl (C=O) groups excluding carboxylic acids is 2. The number of hydrogen-bond donors (Lipinski definition) is 2. The number of aromatic nitrogens is 2. The van der Waals surface area contributed by atoms with Crippen LogP contribution in [0.15, 0.2) is 65.5 Å². The van der Waals surface area contributed by atoms with Crippen molar-refractivity contribution in [1.29, 1.82) is 0 Å². The molecule has 0 spiro atoms. The van der Waals surface area contributed by atoms with E-state index in [0.717, 1.165) is 6.08 Å². The van der Waals surface area contributed by atoms with Crippen LogP contribution in [0.2, 0.25) is 0 Å². The number of anilines is 1. The molecule has 6 nitrogen and oxygen atoms in total. The van der Waals surface area contributed by atoms with E-state index in [2.05, 4.69) is 4.98 Å². The molecule has 132 valence electrons. The van der Waals surface area contributed by atoms with Crippen molar-refractivity contribution in [2.24, 2.45) is 0 Å². The van der Waals surface area contributed by atoms with Crippen molar-refractivity contribution in [3.8, 4) is 5.69 Å². The van der Waals surface area contributed by atoms with Gasteiger partial charge in [0.25, 0.3) is 5.56 Å². The van der Waals surface area contributed by atoms with E-state index < -0.39 is 17.1 Å². The van der Waals surface area contributed by atoms with Crippen molar-refractivity contribution in [3.63, 3.8) is 0 Å². The first-order valence-corrected chi connectivity index (χ1v) is 8.50. The Morgan fingerprint density at radius 3 is 2.22 bits per heavy atom. The van der Waals surface area contributed by atoms with Gasteiger partial charge in [0.15, 0.2) is 4.77 Å². The van der Waals surface area contributed by atoms with Crippen LogP contribution in [0.3, 0.4) is 0 Å². The van der Waals surface area contributed by atoms with Gasteiger partial charge in [-0.15, -0.1) is 0 Å². The van der Waals surface area contributed by atoms with Crippen LogP contribution in [0.5, 0.6) is 0 Å². The molecule has 0 saturated heterocycles. The number of ketones is 2. The smallest absolute Gasteiger partial charge is 0.261 e. The first kappa shape index (κ1) is 16.9. The number of nitrogens with zero attached hydrogens (tertiary/aromatic N) is 1. The standard InChI is InChI=1S/C20H13N3O3S/c21-18-16(14-10-15(24)17(25)13-9-5-4-8-12(13)14)19(26)22-20(27)23(18)11-6-2-1-3-7-11/h1-10H,21H2,(H,22,26,27). The summed E-state index contributed by atoms with van der Waals surface area (Å²) in [7, 11) is 0. The van der Waals surface area contributed by atoms with Gasteiger partial charge in [-0.3, -0.25) is 23.9 Å². The molecule has 7 heteroatoms. The monoisotopic (exact) mass is 375 g/mol. The van der Waals surface area contributed by atoms with Crippen molar-refractivity contribution in [1.82, 2.24) is 9.55 Å². The van der Waals surface area contributed by atoms with E-state index in [1.54, 1.807) is 36.4 Å². The van der Waals surface area contributed by atoms with Crippen LogP contribution in [0, 0.1) is 4.77 Å². The summed E-state index contributed by atoms with van der Waals surface area (Å²) in [5, 5.41) is 0. The molecule has 1 heterocycles. The zero-order valence-electron chi connectivity index (χ0n) is 13.9. The molecular formula is C20H13N3O3S. The number of Topliss-reactive ketones (excluding diaryl/α,β-unsaturated/α-hetero) is 1. The summed E-state index contributed by atoms with van der Waals surface area (Å²) in [6, 6.07) is 15.7. The number of para-hydroxylation sites is 1. The summed E-state index contributed by atoms with van der Waals surface area (Å²) in [5.41, 5.74) is 7.60. The molecule has 0 aliphatic heterocycles. The minimum Gasteiger partial charge on any atom is -0.384 e. The Hall–Kier alpha value is -3.58. The third-order valence-electron chi connectivity index (χ3n) is 4.39. The summed E-state index contributed by atoms with van der Waals surface area (Å²) in [4.78, 5) is 39.6. The Morgan fingerprint density at radius 2 is 1.52 bits per heavy atom. The number of nitrogen functional groups attached to an aromatic ring is 1. The lowest BCUT2D eigenvalue weighted by Crippen LogP contribution is -2.25. The van der Waals surface area contributed by atoms with Crippen molar-refractivity contribution >= 4 is 35.2 Å². The zero-order valence-corrected chi connectivity index (χ0v) is 14.7. The summed E-state index contributed by atoms with van der Waals surface area (Å²) >= 11 is 5.28. The maximum atomic E-state index is 12.7. The molecule has 3 aromatic rings. The predicted octanol–water partition coefficient (Wildman–Crippen LogP) is 2.67. The molecule has 4 rings (SSSR count). The third-order valence-corrected chi connectivity index (χ3v) is 4.68. The fourth-order valence-corrected chi connectivity index (χ4v) is 3.47. The SMILES string of the molecule is Nc1c(C2=CC(=O)C(=O)c3ccccc32)c(=O)[nH]c(=S)n1-c1ccccc1. The number of nitrogens with one attached hydrogen (secondary N) is 1. The van der Waals surface area contributed by atoms with Crippen LogP contribution < -0.4 is 11.3 Å². The van der Waals surface area contributed by atoms with Gasteiger partial charge in [-0.25, -0.2) is 0 Å². The Labute approximate surface area is 158 Å². The Kier molecular flexibility index (Phi) is 3.93. The molecule has 0 saturated carbocycles. The van der Waals surface area contributed by atoms with Crippen LogP contribution in [0.25, 0.3) is 11.3 Å². The largest absolute Gasteiger partial charge is 0.384 e. The topological polar surface area (TPSA) is 98.0 Å². The van der Waals surface area contributed by atoms with Gasteiger partial charge in [-0.2, -0.15) is 0 Å². The van der Waals surface area contributed by atoms with Crippen molar-refractivity contribution in [2.45, 2.75) is 0 Å². The molecule has 0 unspecified atom stereocenters. The van der Waals surface area contributed by atoms with E-state index in [0.29, 0.717) is 16.8 Å². The van der Waals surface area contributed by atoms with Gasteiger partial charge >= 0.3 is 0 Å². The molecule has 2 aromatic carbocycles. The minimum absolute atomic E-state index is 0.0955. The highest BCUT2D eigenvalue weighted by atomic mass is 32.1. The minimum atomic E-state index is -0.698. The molecular weight excluding hydrogens is 362 g/mol. The Balaban J connectivity index is 2.05. The van der Waals surface area contributed by atoms with Gasteiger partial charge in [0.2, 0.25) is 11.6 Å². The number of allylic oxidation sites excluding steroid dienone is 1. The number of aromatic amines is 1. The molecule has 1 aromatic heterocycles. The van der Waals surface area contributed by atoms with Gasteiger partial charge in [0.1, 0.15) is 5.82 Å². The lowest BCUT2D eigenvalue weighted by Gasteiger charge is -2.19. The number of benzene rings is 2. The van der Waals surface area contributed by atoms with E-state index in [9.17, 15) is 14.4 Å². The summed E-state index contributed by atoms with van der Waals surface area (Å²) < 4.78 is 1.66. The van der Waals surface area contributed by atoms with Crippen LogP contribution >= 0.6 is 12.2 Å². The lowest BCUT2D eigenvalue weighted by molar-refractivity contribution is -0.111. The number of carbonyl (C=O) groups is 2. The molecule has 1 aliphatic carbocycles. The number of hydrogen-bond acceptors (Lipinski definition) is 5. The number of rotatable bonds is 2. The summed E-state index contributed by atoms with van der Waals surface area (Å²) in [5.74, 6) is -1.21. The first-order valence-electron chi connectivity index (χ1n) is 8.09. The molecule has 27 heavy (non-hydrogen) atoms. The fourth-order valence-electron chi connectivity index (χ4n) is 3.18. The van der Waals surface area contributed by atoms with E-state index in [1.165, 1.54) is 4.57 Å². The average molecular weight is 375 g/mol. The van der Waals surface area contributed by atoms with E-state index >= 15 is 0 Å². The van der Waals surface area contributed by atoms with E-state index in [4.69, 9.17) is 18.0 Å². The Morgan fingerprint density at radius 1 is 0.889 bits per heavy atom. The van der Waals surface area contributed by atoms with Gasteiger partial charge in [-0.05, 0) is 36.0 Å². The van der Waals surface area contributed by atoms with Crippen molar-refractivity contribution in [3.05, 3.63) is 92.5 Å². The number of fused-ring (bicyclic) bond motifs is 1. The highest BCUT2D eigenvalue weighted by molar-refractivity contribution is 7.71. The maximum Gasteiger partial charge on any atom is 0.261 e. The maximum absolute atomic E-state index is 12.7. The second-order valence-corrected chi connectivity index (χ2v) is 6.37. The van der Waals surface area contributed by atoms with E-state index in [1.807, 2.05) is 18.2 Å². The summed E-state index contributed by atoms with van der Waals surface area (Å²) in [6.07, 6.45) is 1.16. The average Bonchev–Trinajstić information content (AvgIpc) is 2.66. The highest BCUT2D eigenvalue weighted by Crippen LogP contribution is 2.32. The van der Waals surface area contributed by atoms with Gasteiger partial charge in [0.05, 0.1) is 5.56 Å². The molecule has 0 bridgehead atoms. The molecule has 0 radical (unpaired) electrons. The molecule has 1 aliphatic rings. The summed E-state index contributed by atoms with van der Waals surface area (Å²) in [6.45, 7) is 0. The lowest BCUT2D eigenvalue weighted by atomic mass is 9.86. The molecule has 0 atom stereocenters. The molecule has 0 fully saturated rings. The van der Waals surface area contributed by atoms with Gasteiger partial charge < -0.3 is 5.73 Å². The van der Waals surface area contributed by atoms with Crippen LogP contribution in [-0.2, 0) is 4.79 Å². The van der Waals surface area contributed by atoms with Crippen molar-refractivity contribution < 1.29 is 9.59 Å². The van der Waals surface area contributed by atoms with Crippen molar-refractivity contribution in [2.75, 3.05) is 5.73 Å².